The molecule has 0 aliphatic rings. The molecule has 11 heteroatoms. The number of hydrogen-bond acceptors (Lipinski definition) is 7. The van der Waals surface area contributed by atoms with E-state index in [1.807, 2.05) is 19.9 Å². The van der Waals surface area contributed by atoms with Crippen molar-refractivity contribution in [2.24, 2.45) is 11.7 Å². The Morgan fingerprint density at radius 2 is 1.51 bits per heavy atom. The summed E-state index contributed by atoms with van der Waals surface area (Å²) in [5.41, 5.74) is 7.90. The average Bonchev–Trinajstić information content (AvgIpc) is 2.88. The first kappa shape index (κ1) is 31.6. The number of amides is 3. The maximum atomic E-state index is 13.0. The maximum absolute atomic E-state index is 13.0. The molecule has 2 aromatic carbocycles. The number of aromatic hydroxyl groups is 1. The molecule has 0 fully saturated rings. The zero-order valence-electron chi connectivity index (χ0n) is 22.3. The number of phenols is 1. The number of carboxylic acid groups (broad SMARTS) is 1. The van der Waals surface area contributed by atoms with Crippen molar-refractivity contribution in [1.82, 2.24) is 16.0 Å². The molecule has 0 heterocycles. The summed E-state index contributed by atoms with van der Waals surface area (Å²) in [6, 6.07) is 13.6. The van der Waals surface area contributed by atoms with Crippen LogP contribution in [0.25, 0.3) is 0 Å². The lowest BCUT2D eigenvalue weighted by Gasteiger charge is -2.22. The maximum Gasteiger partial charge on any atom is 0.326 e. The molecule has 2 aromatic rings. The number of carboxylic acids is 1. The highest BCUT2D eigenvalue weighted by molar-refractivity contribution is 8.00. The van der Waals surface area contributed by atoms with E-state index in [4.69, 9.17) is 5.73 Å². The van der Waals surface area contributed by atoms with Crippen LogP contribution in [0.2, 0.25) is 0 Å². The molecule has 0 bridgehead atoms. The van der Waals surface area contributed by atoms with E-state index in [-0.39, 0.29) is 48.8 Å². The fourth-order valence-electron chi connectivity index (χ4n) is 3.80. The van der Waals surface area contributed by atoms with Gasteiger partial charge in [-0.2, -0.15) is 11.8 Å². The molecule has 0 saturated carbocycles. The van der Waals surface area contributed by atoms with E-state index >= 15 is 0 Å². The number of nitrogens with one attached hydrogen (secondary N) is 3. The highest BCUT2D eigenvalue weighted by atomic mass is 32.2. The van der Waals surface area contributed by atoms with Gasteiger partial charge in [0.25, 0.3) is 0 Å². The lowest BCUT2D eigenvalue weighted by Crippen LogP contribution is -2.54. The van der Waals surface area contributed by atoms with Crippen molar-refractivity contribution in [2.75, 3.05) is 18.1 Å². The molecular formula is C28H38N4O6S. The molecule has 0 aromatic heterocycles. The molecule has 212 valence electrons. The number of carbonyl (C=O) groups excluding carboxylic acids is 3. The van der Waals surface area contributed by atoms with Gasteiger partial charge in [-0.1, -0.05) is 56.3 Å². The molecule has 2 rings (SSSR count). The molecule has 0 aliphatic carbocycles. The summed E-state index contributed by atoms with van der Waals surface area (Å²) in [5, 5.41) is 26.5. The Bertz CT molecular complexity index is 1080. The van der Waals surface area contributed by atoms with Gasteiger partial charge in [-0.05, 0) is 42.0 Å². The van der Waals surface area contributed by atoms with Crippen molar-refractivity contribution in [3.63, 3.8) is 0 Å². The number of thioether (sulfide) groups is 1. The standard InChI is InChI=1S/C28H38N4O6S/c1-18(2)12-24(28(37)38)32-27(36)23(14-19-6-4-3-5-7-19)31-25(34)15-30-26(35)17-39-16-21(29)13-20-8-10-22(33)11-9-20/h3-11,18,21,23-24,33H,12-17,29H2,1-2H3,(H,30,35)(H,31,34)(H,32,36)(H,37,38)/t21-,23-,24-/m0/s1. The van der Waals surface area contributed by atoms with E-state index < -0.39 is 29.9 Å². The van der Waals surface area contributed by atoms with Crippen molar-refractivity contribution in [3.8, 4) is 5.75 Å². The number of rotatable bonds is 16. The van der Waals surface area contributed by atoms with Crippen molar-refractivity contribution >= 4 is 35.5 Å². The SMILES string of the molecule is CC(C)C[C@H](NC(=O)[C@H](Cc1ccccc1)NC(=O)CNC(=O)CSC[C@@H](N)Cc1ccc(O)cc1)C(=O)O. The summed E-state index contributed by atoms with van der Waals surface area (Å²) in [6.07, 6.45) is 1.01. The van der Waals surface area contributed by atoms with Gasteiger partial charge in [-0.25, -0.2) is 4.79 Å². The van der Waals surface area contributed by atoms with Crippen LogP contribution in [0.5, 0.6) is 5.75 Å². The number of phenolic OH excluding ortho intramolecular Hbond substituents is 1. The average molecular weight is 559 g/mol. The summed E-state index contributed by atoms with van der Waals surface area (Å²) >= 11 is 1.34. The van der Waals surface area contributed by atoms with Crippen LogP contribution in [-0.4, -0.2) is 70.1 Å². The lowest BCUT2D eigenvalue weighted by atomic mass is 10.0. The Labute approximate surface area is 233 Å². The summed E-state index contributed by atoms with van der Waals surface area (Å²) < 4.78 is 0. The molecule has 7 N–H and O–H groups in total. The van der Waals surface area contributed by atoms with Crippen LogP contribution in [0.3, 0.4) is 0 Å². The first-order valence-corrected chi connectivity index (χ1v) is 13.9. The number of nitrogens with two attached hydrogens (primary N) is 1. The third-order valence-corrected chi connectivity index (χ3v) is 6.83. The van der Waals surface area contributed by atoms with Crippen LogP contribution in [-0.2, 0) is 32.0 Å². The van der Waals surface area contributed by atoms with E-state index in [1.165, 1.54) is 11.8 Å². The first-order chi connectivity index (χ1) is 18.5. The van der Waals surface area contributed by atoms with E-state index in [9.17, 15) is 29.4 Å². The van der Waals surface area contributed by atoms with Gasteiger partial charge in [0, 0.05) is 18.2 Å². The van der Waals surface area contributed by atoms with Crippen molar-refractivity contribution in [3.05, 3.63) is 65.7 Å². The number of benzene rings is 2. The zero-order chi connectivity index (χ0) is 28.8. The fourth-order valence-corrected chi connectivity index (χ4v) is 4.62. The molecular weight excluding hydrogens is 520 g/mol. The van der Waals surface area contributed by atoms with Crippen molar-refractivity contribution in [1.29, 1.82) is 0 Å². The minimum Gasteiger partial charge on any atom is -0.508 e. The molecule has 39 heavy (non-hydrogen) atoms. The molecule has 0 unspecified atom stereocenters. The normalized spacial score (nSPS) is 13.2. The van der Waals surface area contributed by atoms with Crippen LogP contribution in [0.1, 0.15) is 31.4 Å². The minimum atomic E-state index is -1.14. The molecule has 0 aliphatic heterocycles. The Morgan fingerprint density at radius 3 is 2.13 bits per heavy atom. The smallest absolute Gasteiger partial charge is 0.326 e. The number of carbonyl (C=O) groups is 4. The van der Waals surface area contributed by atoms with E-state index in [2.05, 4.69) is 16.0 Å². The van der Waals surface area contributed by atoms with Crippen LogP contribution in [0.4, 0.5) is 0 Å². The topological polar surface area (TPSA) is 171 Å². The van der Waals surface area contributed by atoms with Gasteiger partial charge in [0.15, 0.2) is 0 Å². The highest BCUT2D eigenvalue weighted by Gasteiger charge is 2.27. The largest absolute Gasteiger partial charge is 0.508 e. The molecule has 10 nitrogen and oxygen atoms in total. The predicted molar refractivity (Wildman–Crippen MR) is 151 cm³/mol. The molecule has 0 radical (unpaired) electrons. The van der Waals surface area contributed by atoms with Crippen LogP contribution in [0.15, 0.2) is 54.6 Å². The second kappa shape index (κ2) is 16.4. The Balaban J connectivity index is 1.84. The van der Waals surface area contributed by atoms with Crippen LogP contribution >= 0.6 is 11.8 Å². The Kier molecular flexibility index (Phi) is 13.3. The van der Waals surface area contributed by atoms with Crippen LogP contribution < -0.4 is 21.7 Å². The van der Waals surface area contributed by atoms with Crippen molar-refractivity contribution < 1.29 is 29.4 Å². The molecule has 3 amide bonds. The first-order valence-electron chi connectivity index (χ1n) is 12.8. The summed E-state index contributed by atoms with van der Waals surface area (Å²) in [4.78, 5) is 49.4. The summed E-state index contributed by atoms with van der Waals surface area (Å²) in [5.74, 6) is -1.79. The van der Waals surface area contributed by atoms with Gasteiger partial charge in [-0.3, -0.25) is 14.4 Å². The van der Waals surface area contributed by atoms with E-state index in [1.54, 1.807) is 48.5 Å². The van der Waals surface area contributed by atoms with Gasteiger partial charge in [0.05, 0.1) is 12.3 Å². The van der Waals surface area contributed by atoms with Gasteiger partial charge < -0.3 is 31.9 Å². The quantitative estimate of drug-likeness (QED) is 0.180. The van der Waals surface area contributed by atoms with Crippen molar-refractivity contribution in [2.45, 2.75) is 51.2 Å². The van der Waals surface area contributed by atoms with Gasteiger partial charge in [0.1, 0.15) is 17.8 Å². The monoisotopic (exact) mass is 558 g/mol. The van der Waals surface area contributed by atoms with E-state index in [0.29, 0.717) is 12.2 Å². The lowest BCUT2D eigenvalue weighted by molar-refractivity contribution is -0.142. The second-order valence-corrected chi connectivity index (χ2v) is 10.8. The summed E-state index contributed by atoms with van der Waals surface area (Å²) in [6.45, 7) is 3.39. The summed E-state index contributed by atoms with van der Waals surface area (Å²) in [7, 11) is 0. The van der Waals surface area contributed by atoms with Gasteiger partial charge in [0.2, 0.25) is 17.7 Å². The van der Waals surface area contributed by atoms with Gasteiger partial charge >= 0.3 is 5.97 Å². The van der Waals surface area contributed by atoms with Gasteiger partial charge in [-0.15, -0.1) is 0 Å². The minimum absolute atomic E-state index is 0.0454. The molecule has 0 saturated heterocycles. The molecule has 3 atom stereocenters. The number of hydrogen-bond donors (Lipinski definition) is 6. The number of aliphatic carboxylic acids is 1. The Hall–Kier alpha value is -3.57. The second-order valence-electron chi connectivity index (χ2n) is 9.76. The third kappa shape index (κ3) is 12.7. The van der Waals surface area contributed by atoms with Crippen LogP contribution in [0, 0.1) is 5.92 Å². The Morgan fingerprint density at radius 1 is 0.872 bits per heavy atom. The predicted octanol–water partition coefficient (Wildman–Crippen LogP) is 1.45. The fraction of sp³-hybridized carbons (Fsp3) is 0.429. The molecule has 0 spiro atoms. The highest BCUT2D eigenvalue weighted by Crippen LogP contribution is 2.13. The third-order valence-electron chi connectivity index (χ3n) is 5.70. The zero-order valence-corrected chi connectivity index (χ0v) is 23.1. The van der Waals surface area contributed by atoms with E-state index in [0.717, 1.165) is 11.1 Å².